The molecular weight excluding hydrogens is 304 g/mol. The highest BCUT2D eigenvalue weighted by molar-refractivity contribution is 7.98. The molecule has 0 amide bonds. The van der Waals surface area contributed by atoms with Gasteiger partial charge in [0, 0.05) is 21.2 Å². The fraction of sp³-hybridized carbons (Fsp3) is 0.235. The van der Waals surface area contributed by atoms with Crippen molar-refractivity contribution in [3.63, 3.8) is 0 Å². The summed E-state index contributed by atoms with van der Waals surface area (Å²) in [7, 11) is 0. The minimum Gasteiger partial charge on any atom is -0.507 e. The highest BCUT2D eigenvalue weighted by atomic mass is 35.5. The van der Waals surface area contributed by atoms with Gasteiger partial charge < -0.3 is 5.11 Å². The first-order valence-corrected chi connectivity index (χ1v) is 7.97. The topological polar surface area (TPSA) is 37.3 Å². The maximum Gasteiger partial charge on any atom is 0.163 e. The van der Waals surface area contributed by atoms with E-state index in [1.54, 1.807) is 17.8 Å². The van der Waals surface area contributed by atoms with Crippen LogP contribution in [0, 0.1) is 13.8 Å². The standard InChI is InChI=1S/C17H17ClO2S/c1-10-4-5-15(6-11(10)2)21-9-13-7-14(18)8-16(12(3)19)17(13)20/h4-8,20H,9H2,1-3H3. The van der Waals surface area contributed by atoms with Crippen LogP contribution in [0.4, 0.5) is 0 Å². The van der Waals surface area contributed by atoms with Crippen molar-refractivity contribution in [1.82, 2.24) is 0 Å². The number of aryl methyl sites for hydroxylation is 2. The van der Waals surface area contributed by atoms with Crippen molar-refractivity contribution in [2.75, 3.05) is 0 Å². The Morgan fingerprint density at radius 3 is 2.52 bits per heavy atom. The summed E-state index contributed by atoms with van der Waals surface area (Å²) in [5.41, 5.74) is 3.44. The number of phenolic OH excluding ortho intramolecular Hbond substituents is 1. The van der Waals surface area contributed by atoms with E-state index in [1.807, 2.05) is 0 Å². The van der Waals surface area contributed by atoms with Gasteiger partial charge >= 0.3 is 0 Å². The lowest BCUT2D eigenvalue weighted by Crippen LogP contribution is -1.96. The number of ketones is 1. The highest BCUT2D eigenvalue weighted by Crippen LogP contribution is 2.33. The SMILES string of the molecule is CC(=O)c1cc(Cl)cc(CSc2ccc(C)c(C)c2)c1O. The van der Waals surface area contributed by atoms with Crippen molar-refractivity contribution < 1.29 is 9.90 Å². The van der Waals surface area contributed by atoms with E-state index in [-0.39, 0.29) is 17.1 Å². The Kier molecular flexibility index (Phi) is 4.96. The second-order valence-corrected chi connectivity index (χ2v) is 6.54. The molecule has 0 saturated carbocycles. The molecule has 2 nitrogen and oxygen atoms in total. The Morgan fingerprint density at radius 1 is 1.19 bits per heavy atom. The third kappa shape index (κ3) is 3.80. The number of hydrogen-bond acceptors (Lipinski definition) is 3. The van der Waals surface area contributed by atoms with Gasteiger partial charge in [-0.15, -0.1) is 11.8 Å². The summed E-state index contributed by atoms with van der Waals surface area (Å²) in [6.07, 6.45) is 0. The van der Waals surface area contributed by atoms with E-state index < -0.39 is 0 Å². The van der Waals surface area contributed by atoms with Gasteiger partial charge in [-0.3, -0.25) is 4.79 Å². The first kappa shape index (κ1) is 15.9. The van der Waals surface area contributed by atoms with Crippen molar-refractivity contribution in [3.05, 3.63) is 57.6 Å². The zero-order valence-corrected chi connectivity index (χ0v) is 13.8. The second kappa shape index (κ2) is 6.54. The molecule has 0 aliphatic rings. The molecule has 0 aliphatic carbocycles. The van der Waals surface area contributed by atoms with Gasteiger partial charge in [-0.1, -0.05) is 17.7 Å². The summed E-state index contributed by atoms with van der Waals surface area (Å²) in [6, 6.07) is 9.46. The number of carbonyl (C=O) groups is 1. The normalized spacial score (nSPS) is 10.7. The Bertz CT molecular complexity index is 695. The third-order valence-electron chi connectivity index (χ3n) is 3.41. The summed E-state index contributed by atoms with van der Waals surface area (Å²) in [6.45, 7) is 5.57. The van der Waals surface area contributed by atoms with Crippen LogP contribution in [0.3, 0.4) is 0 Å². The number of benzene rings is 2. The molecule has 0 aromatic heterocycles. The molecule has 0 atom stereocenters. The van der Waals surface area contributed by atoms with Crippen LogP contribution in [0.15, 0.2) is 35.2 Å². The fourth-order valence-electron chi connectivity index (χ4n) is 2.00. The van der Waals surface area contributed by atoms with Gasteiger partial charge in [0.2, 0.25) is 0 Å². The minimum atomic E-state index is -0.188. The van der Waals surface area contributed by atoms with E-state index in [0.717, 1.165) is 4.90 Å². The summed E-state index contributed by atoms with van der Waals surface area (Å²) in [5.74, 6) is 0.408. The van der Waals surface area contributed by atoms with Crippen LogP contribution in [-0.2, 0) is 5.75 Å². The number of aromatic hydroxyl groups is 1. The Hall–Kier alpha value is -1.45. The van der Waals surface area contributed by atoms with Crippen LogP contribution >= 0.6 is 23.4 Å². The highest BCUT2D eigenvalue weighted by Gasteiger charge is 2.13. The van der Waals surface area contributed by atoms with Crippen molar-refractivity contribution in [1.29, 1.82) is 0 Å². The Morgan fingerprint density at radius 2 is 1.90 bits per heavy atom. The molecule has 21 heavy (non-hydrogen) atoms. The van der Waals surface area contributed by atoms with Gasteiger partial charge in [-0.2, -0.15) is 0 Å². The van der Waals surface area contributed by atoms with E-state index in [4.69, 9.17) is 11.6 Å². The summed E-state index contributed by atoms with van der Waals surface area (Å²) in [4.78, 5) is 12.6. The maximum atomic E-state index is 11.5. The van der Waals surface area contributed by atoms with E-state index in [1.165, 1.54) is 24.1 Å². The van der Waals surface area contributed by atoms with Crippen molar-refractivity contribution in [2.45, 2.75) is 31.4 Å². The van der Waals surface area contributed by atoms with Gasteiger partial charge in [-0.25, -0.2) is 0 Å². The number of carbonyl (C=O) groups excluding carboxylic acids is 1. The summed E-state index contributed by atoms with van der Waals surface area (Å²) >= 11 is 7.63. The third-order valence-corrected chi connectivity index (χ3v) is 4.67. The Balaban J connectivity index is 2.23. The molecule has 0 radical (unpaired) electrons. The first-order valence-electron chi connectivity index (χ1n) is 6.61. The zero-order valence-electron chi connectivity index (χ0n) is 12.2. The number of halogens is 1. The zero-order chi connectivity index (χ0) is 15.6. The molecule has 110 valence electrons. The van der Waals surface area contributed by atoms with Crippen LogP contribution in [0.2, 0.25) is 5.02 Å². The molecule has 0 heterocycles. The average molecular weight is 321 g/mol. The number of hydrogen-bond donors (Lipinski definition) is 1. The Labute approximate surface area is 134 Å². The van der Waals surface area contributed by atoms with Gasteiger partial charge in [0.05, 0.1) is 5.56 Å². The van der Waals surface area contributed by atoms with Crippen molar-refractivity contribution in [3.8, 4) is 5.75 Å². The molecule has 0 aliphatic heterocycles. The fourth-order valence-corrected chi connectivity index (χ4v) is 3.21. The average Bonchev–Trinajstić information content (AvgIpc) is 2.42. The molecule has 2 aromatic rings. The second-order valence-electron chi connectivity index (χ2n) is 5.05. The van der Waals surface area contributed by atoms with E-state index in [0.29, 0.717) is 16.3 Å². The van der Waals surface area contributed by atoms with Gasteiger partial charge in [-0.05, 0) is 56.2 Å². The summed E-state index contributed by atoms with van der Waals surface area (Å²) < 4.78 is 0. The van der Waals surface area contributed by atoms with Gasteiger partial charge in [0.15, 0.2) is 5.78 Å². The smallest absolute Gasteiger partial charge is 0.163 e. The van der Waals surface area contributed by atoms with Crippen molar-refractivity contribution >= 4 is 29.1 Å². The molecule has 4 heteroatoms. The lowest BCUT2D eigenvalue weighted by atomic mass is 10.1. The molecule has 0 spiro atoms. The first-order chi connectivity index (χ1) is 9.88. The predicted octanol–water partition coefficient (Wildman–Crippen LogP) is 5.16. The quantitative estimate of drug-likeness (QED) is 0.624. The molecule has 0 unspecified atom stereocenters. The number of Topliss-reactive ketones (excluding diaryl/α,β-unsaturated/α-hetero) is 1. The van der Waals surface area contributed by atoms with Crippen LogP contribution in [-0.4, -0.2) is 10.9 Å². The van der Waals surface area contributed by atoms with E-state index in [9.17, 15) is 9.90 Å². The minimum absolute atomic E-state index is 0.0308. The number of phenols is 1. The number of thioether (sulfide) groups is 1. The van der Waals surface area contributed by atoms with Gasteiger partial charge in [0.25, 0.3) is 0 Å². The van der Waals surface area contributed by atoms with Crippen LogP contribution in [0.1, 0.15) is 34.0 Å². The van der Waals surface area contributed by atoms with E-state index in [2.05, 4.69) is 32.0 Å². The van der Waals surface area contributed by atoms with Crippen LogP contribution in [0.5, 0.6) is 5.75 Å². The predicted molar refractivity (Wildman–Crippen MR) is 88.6 cm³/mol. The molecule has 0 fully saturated rings. The summed E-state index contributed by atoms with van der Waals surface area (Å²) in [5, 5.41) is 10.6. The molecule has 0 bridgehead atoms. The molecule has 2 aromatic carbocycles. The van der Waals surface area contributed by atoms with E-state index >= 15 is 0 Å². The molecule has 2 rings (SSSR count). The largest absolute Gasteiger partial charge is 0.507 e. The van der Waals surface area contributed by atoms with Gasteiger partial charge in [0.1, 0.15) is 5.75 Å². The van der Waals surface area contributed by atoms with Crippen LogP contribution < -0.4 is 0 Å². The van der Waals surface area contributed by atoms with Crippen LogP contribution in [0.25, 0.3) is 0 Å². The number of rotatable bonds is 4. The monoisotopic (exact) mass is 320 g/mol. The van der Waals surface area contributed by atoms with Crippen molar-refractivity contribution in [2.24, 2.45) is 0 Å². The molecular formula is C17H17ClO2S. The molecule has 0 saturated heterocycles. The maximum absolute atomic E-state index is 11.5. The lowest BCUT2D eigenvalue weighted by molar-refractivity contribution is 0.101. The lowest BCUT2D eigenvalue weighted by Gasteiger charge is -2.10. The molecule has 1 N–H and O–H groups in total.